The molecule has 0 aliphatic carbocycles. The van der Waals surface area contributed by atoms with Crippen molar-refractivity contribution in [2.45, 2.75) is 18.5 Å². The van der Waals surface area contributed by atoms with Gasteiger partial charge in [0, 0.05) is 7.11 Å². The molecule has 0 unspecified atom stereocenters. The van der Waals surface area contributed by atoms with Crippen LogP contribution in [-0.4, -0.2) is 34.4 Å². The zero-order chi connectivity index (χ0) is 19.5. The quantitative estimate of drug-likeness (QED) is 0.710. The van der Waals surface area contributed by atoms with Crippen LogP contribution in [0.4, 0.5) is 16.3 Å². The van der Waals surface area contributed by atoms with E-state index in [4.69, 9.17) is 4.74 Å². The second-order valence-electron chi connectivity index (χ2n) is 6.60. The number of hydrogen-bond acceptors (Lipinski definition) is 5. The molecule has 4 rings (SSSR count). The Bertz CT molecular complexity index is 958. The summed E-state index contributed by atoms with van der Waals surface area (Å²) in [5, 5.41) is 10.5. The number of carbonyl (C=O) groups excluding carboxylic acids is 1. The van der Waals surface area contributed by atoms with Gasteiger partial charge in [-0.2, -0.15) is 4.98 Å². The van der Waals surface area contributed by atoms with Crippen LogP contribution in [0.15, 0.2) is 54.6 Å². The van der Waals surface area contributed by atoms with Crippen LogP contribution in [0.5, 0.6) is 0 Å². The standard InChI is InChI=1S/C20H20FN5O2/c1-28-12-18(27)23-19-24-20-22-16(13-5-3-2-4-6-13)11-17(26(20)25-19)14-7-9-15(21)10-8-14/h2-10,16-17H,11-12H2,1H3,(H2,22,23,24,25,27)/t16-,17+/m0/s1. The Hall–Kier alpha value is -3.26. The SMILES string of the molecule is COCC(=O)Nc1nc2n(n1)[C@@H](c1ccc(F)cc1)C[C@@H](c1ccccc1)N2. The van der Waals surface area contributed by atoms with Crippen LogP contribution in [0.2, 0.25) is 0 Å². The zero-order valence-corrected chi connectivity index (χ0v) is 15.3. The number of benzene rings is 2. The highest BCUT2D eigenvalue weighted by atomic mass is 19.1. The predicted octanol–water partition coefficient (Wildman–Crippen LogP) is 3.15. The van der Waals surface area contributed by atoms with Gasteiger partial charge >= 0.3 is 0 Å². The van der Waals surface area contributed by atoms with Gasteiger partial charge < -0.3 is 10.1 Å². The lowest BCUT2D eigenvalue weighted by Gasteiger charge is -2.31. The van der Waals surface area contributed by atoms with Crippen LogP contribution in [0.25, 0.3) is 0 Å². The summed E-state index contributed by atoms with van der Waals surface area (Å²) in [7, 11) is 1.45. The molecule has 0 saturated carbocycles. The minimum Gasteiger partial charge on any atom is -0.375 e. The van der Waals surface area contributed by atoms with Crippen molar-refractivity contribution in [1.29, 1.82) is 0 Å². The van der Waals surface area contributed by atoms with Crippen molar-refractivity contribution in [3.8, 4) is 0 Å². The highest BCUT2D eigenvalue weighted by molar-refractivity contribution is 5.90. The van der Waals surface area contributed by atoms with E-state index in [-0.39, 0.29) is 36.4 Å². The number of aromatic nitrogens is 3. The number of carbonyl (C=O) groups is 1. The van der Waals surface area contributed by atoms with E-state index in [0.717, 1.165) is 11.1 Å². The van der Waals surface area contributed by atoms with E-state index in [1.165, 1.54) is 19.2 Å². The normalized spacial score (nSPS) is 18.2. The molecule has 7 nitrogen and oxygen atoms in total. The van der Waals surface area contributed by atoms with Crippen LogP contribution in [0.1, 0.15) is 29.6 Å². The van der Waals surface area contributed by atoms with Gasteiger partial charge in [-0.05, 0) is 29.7 Å². The number of methoxy groups -OCH3 is 1. The van der Waals surface area contributed by atoms with Crippen molar-refractivity contribution in [1.82, 2.24) is 14.8 Å². The average molecular weight is 381 g/mol. The monoisotopic (exact) mass is 381 g/mol. The first kappa shape index (κ1) is 18.1. The number of fused-ring (bicyclic) bond motifs is 1. The number of rotatable bonds is 5. The van der Waals surface area contributed by atoms with Crippen LogP contribution in [0, 0.1) is 5.82 Å². The van der Waals surface area contributed by atoms with E-state index in [1.54, 1.807) is 16.8 Å². The molecule has 1 aliphatic heterocycles. The Balaban J connectivity index is 1.69. The highest BCUT2D eigenvalue weighted by Gasteiger charge is 2.31. The van der Waals surface area contributed by atoms with E-state index < -0.39 is 0 Å². The molecule has 8 heteroatoms. The molecule has 2 aromatic carbocycles. The summed E-state index contributed by atoms with van der Waals surface area (Å²) in [6, 6.07) is 16.3. The third-order valence-corrected chi connectivity index (χ3v) is 4.67. The highest BCUT2D eigenvalue weighted by Crippen LogP contribution is 2.38. The number of amides is 1. The largest absolute Gasteiger partial charge is 0.375 e. The first-order valence-corrected chi connectivity index (χ1v) is 8.96. The third-order valence-electron chi connectivity index (χ3n) is 4.67. The Morgan fingerprint density at radius 1 is 1.21 bits per heavy atom. The van der Waals surface area contributed by atoms with Crippen molar-refractivity contribution >= 4 is 17.8 Å². The van der Waals surface area contributed by atoms with Crippen molar-refractivity contribution in [2.75, 3.05) is 24.4 Å². The summed E-state index contributed by atoms with van der Waals surface area (Å²) in [4.78, 5) is 16.2. The number of ether oxygens (including phenoxy) is 1. The molecule has 2 heterocycles. The summed E-state index contributed by atoms with van der Waals surface area (Å²) in [6.45, 7) is -0.0780. The molecule has 1 amide bonds. The lowest BCUT2D eigenvalue weighted by Crippen LogP contribution is -2.28. The van der Waals surface area contributed by atoms with Crippen LogP contribution < -0.4 is 10.6 Å². The first-order chi connectivity index (χ1) is 13.6. The summed E-state index contributed by atoms with van der Waals surface area (Å²) < 4.78 is 20.0. The maximum absolute atomic E-state index is 13.4. The fraction of sp³-hybridized carbons (Fsp3) is 0.250. The molecular formula is C20H20FN5O2. The lowest BCUT2D eigenvalue weighted by molar-refractivity contribution is -0.119. The number of nitrogens with one attached hydrogen (secondary N) is 2. The first-order valence-electron chi connectivity index (χ1n) is 8.96. The van der Waals surface area contributed by atoms with Gasteiger partial charge in [0.05, 0.1) is 12.1 Å². The second-order valence-corrected chi connectivity index (χ2v) is 6.60. The van der Waals surface area contributed by atoms with Crippen LogP contribution in [0.3, 0.4) is 0 Å². The Labute approximate surface area is 161 Å². The molecule has 3 aromatic rings. The van der Waals surface area contributed by atoms with Crippen molar-refractivity contribution < 1.29 is 13.9 Å². The number of hydrogen-bond donors (Lipinski definition) is 2. The molecule has 144 valence electrons. The number of anilines is 2. The predicted molar refractivity (Wildman–Crippen MR) is 102 cm³/mol. The second kappa shape index (κ2) is 7.77. The third kappa shape index (κ3) is 3.72. The topological polar surface area (TPSA) is 81.1 Å². The molecule has 2 atom stereocenters. The summed E-state index contributed by atoms with van der Waals surface area (Å²) >= 11 is 0. The minimum atomic E-state index is -0.330. The lowest BCUT2D eigenvalue weighted by atomic mass is 9.93. The van der Waals surface area contributed by atoms with Gasteiger partial charge in [-0.25, -0.2) is 9.07 Å². The van der Waals surface area contributed by atoms with Gasteiger partial charge in [0.1, 0.15) is 12.4 Å². The van der Waals surface area contributed by atoms with Gasteiger partial charge in [-0.3, -0.25) is 10.1 Å². The Kier molecular flexibility index (Phi) is 5.03. The van der Waals surface area contributed by atoms with E-state index in [9.17, 15) is 9.18 Å². The maximum Gasteiger partial charge on any atom is 0.252 e. The fourth-order valence-electron chi connectivity index (χ4n) is 3.39. The molecule has 1 aromatic heterocycles. The van der Waals surface area contributed by atoms with Crippen LogP contribution in [-0.2, 0) is 9.53 Å². The average Bonchev–Trinajstić information content (AvgIpc) is 3.11. The summed E-state index contributed by atoms with van der Waals surface area (Å²) in [5.74, 6) is 0.125. The summed E-state index contributed by atoms with van der Waals surface area (Å²) in [6.07, 6.45) is 0.706. The molecule has 28 heavy (non-hydrogen) atoms. The molecular weight excluding hydrogens is 361 g/mol. The molecule has 0 radical (unpaired) electrons. The summed E-state index contributed by atoms with van der Waals surface area (Å²) in [5.41, 5.74) is 2.04. The van der Waals surface area contributed by atoms with Crippen molar-refractivity contribution in [2.24, 2.45) is 0 Å². The Morgan fingerprint density at radius 3 is 2.68 bits per heavy atom. The molecule has 1 aliphatic rings. The molecule has 2 N–H and O–H groups in total. The van der Waals surface area contributed by atoms with Crippen LogP contribution >= 0.6 is 0 Å². The van der Waals surface area contributed by atoms with Gasteiger partial charge in [0.25, 0.3) is 11.9 Å². The smallest absolute Gasteiger partial charge is 0.252 e. The number of nitrogens with zero attached hydrogens (tertiary/aromatic N) is 3. The van der Waals surface area contributed by atoms with E-state index >= 15 is 0 Å². The van der Waals surface area contributed by atoms with Gasteiger partial charge in [-0.15, -0.1) is 5.10 Å². The minimum absolute atomic E-state index is 0.00970. The number of halogens is 1. The van der Waals surface area contributed by atoms with E-state index in [0.29, 0.717) is 12.4 Å². The molecule has 0 saturated heterocycles. The molecule has 0 bridgehead atoms. The zero-order valence-electron chi connectivity index (χ0n) is 15.3. The van der Waals surface area contributed by atoms with Crippen molar-refractivity contribution in [3.63, 3.8) is 0 Å². The van der Waals surface area contributed by atoms with Gasteiger partial charge in [0.15, 0.2) is 0 Å². The van der Waals surface area contributed by atoms with E-state index in [1.807, 2.05) is 30.3 Å². The molecule has 0 spiro atoms. The Morgan fingerprint density at radius 2 is 1.96 bits per heavy atom. The van der Waals surface area contributed by atoms with E-state index in [2.05, 4.69) is 20.7 Å². The van der Waals surface area contributed by atoms with Gasteiger partial charge in [0.2, 0.25) is 5.95 Å². The fourth-order valence-corrected chi connectivity index (χ4v) is 3.39. The maximum atomic E-state index is 13.4. The van der Waals surface area contributed by atoms with Crippen molar-refractivity contribution in [3.05, 3.63) is 71.5 Å². The van der Waals surface area contributed by atoms with Gasteiger partial charge in [-0.1, -0.05) is 42.5 Å². The molecule has 0 fully saturated rings.